The number of halogens is 2. The zero-order valence-corrected chi connectivity index (χ0v) is 14.8. The van der Waals surface area contributed by atoms with Gasteiger partial charge in [0.1, 0.15) is 0 Å². The van der Waals surface area contributed by atoms with E-state index in [0.29, 0.717) is 17.1 Å². The second-order valence-corrected chi connectivity index (χ2v) is 7.92. The maximum Gasteiger partial charge on any atom is 0.260 e. The van der Waals surface area contributed by atoms with Crippen molar-refractivity contribution in [1.82, 2.24) is 0 Å². The Morgan fingerprint density at radius 3 is 2.78 bits per heavy atom. The van der Waals surface area contributed by atoms with Gasteiger partial charge in [-0.05, 0) is 41.8 Å². The van der Waals surface area contributed by atoms with Crippen LogP contribution in [-0.4, -0.2) is 8.42 Å². The van der Waals surface area contributed by atoms with Crippen molar-refractivity contribution in [1.29, 1.82) is 0 Å². The quantitative estimate of drug-likeness (QED) is 0.727. The second kappa shape index (κ2) is 6.00. The van der Waals surface area contributed by atoms with Crippen molar-refractivity contribution >= 4 is 53.4 Å². The average Bonchev–Trinajstić information content (AvgIpc) is 2.88. The van der Waals surface area contributed by atoms with Gasteiger partial charge in [0.25, 0.3) is 10.0 Å². The SMILES string of the molecule is [C-]#[N+]c1cccc(S(=O)(=O)Nc2cc(Cl)cc3c2CC=C3Br)c1. The summed E-state index contributed by atoms with van der Waals surface area (Å²) in [4.78, 5) is 3.30. The van der Waals surface area contributed by atoms with Gasteiger partial charge in [-0.15, -0.1) is 0 Å². The Bertz CT molecular complexity index is 978. The lowest BCUT2D eigenvalue weighted by atomic mass is 10.1. The van der Waals surface area contributed by atoms with Crippen molar-refractivity contribution in [2.24, 2.45) is 0 Å². The second-order valence-electron chi connectivity index (χ2n) is 4.95. The molecule has 1 aliphatic carbocycles. The Labute approximate surface area is 147 Å². The fourth-order valence-corrected chi connectivity index (χ4v) is 4.24. The molecule has 23 heavy (non-hydrogen) atoms. The van der Waals surface area contributed by atoms with Gasteiger partial charge < -0.3 is 0 Å². The fourth-order valence-electron chi connectivity index (χ4n) is 2.39. The number of benzene rings is 2. The molecule has 0 spiro atoms. The molecule has 0 aliphatic heterocycles. The highest BCUT2D eigenvalue weighted by atomic mass is 79.9. The third-order valence-electron chi connectivity index (χ3n) is 3.46. The normalized spacial score (nSPS) is 13.2. The van der Waals surface area contributed by atoms with E-state index in [0.717, 1.165) is 15.6 Å². The summed E-state index contributed by atoms with van der Waals surface area (Å²) in [7, 11) is -3.79. The number of sulfonamides is 1. The van der Waals surface area contributed by atoms with Crippen LogP contribution in [0.1, 0.15) is 11.1 Å². The maximum atomic E-state index is 12.6. The summed E-state index contributed by atoms with van der Waals surface area (Å²) in [5.41, 5.74) is 2.47. The third-order valence-corrected chi connectivity index (χ3v) is 5.79. The van der Waals surface area contributed by atoms with Crippen molar-refractivity contribution in [3.63, 3.8) is 0 Å². The molecule has 0 aromatic heterocycles. The molecule has 0 unspecified atom stereocenters. The Hall–Kier alpha value is -1.81. The minimum atomic E-state index is -3.79. The third kappa shape index (κ3) is 3.13. The molecule has 0 saturated heterocycles. The van der Waals surface area contributed by atoms with Crippen LogP contribution in [0.2, 0.25) is 5.02 Å². The molecule has 3 rings (SSSR count). The summed E-state index contributed by atoms with van der Waals surface area (Å²) in [6.07, 6.45) is 2.57. The molecule has 2 aromatic rings. The summed E-state index contributed by atoms with van der Waals surface area (Å²) in [5, 5.41) is 0.448. The maximum absolute atomic E-state index is 12.6. The van der Waals surface area contributed by atoms with Crippen LogP contribution in [0.25, 0.3) is 9.33 Å². The lowest BCUT2D eigenvalue weighted by Crippen LogP contribution is -2.14. The van der Waals surface area contributed by atoms with Crippen molar-refractivity contribution in [2.75, 3.05) is 4.72 Å². The predicted octanol–water partition coefficient (Wildman–Crippen LogP) is 4.98. The average molecular weight is 410 g/mol. The summed E-state index contributed by atoms with van der Waals surface area (Å²) >= 11 is 9.53. The van der Waals surface area contributed by atoms with Crippen LogP contribution in [0.4, 0.5) is 11.4 Å². The van der Waals surface area contributed by atoms with E-state index < -0.39 is 10.0 Å². The largest absolute Gasteiger partial charge is 0.279 e. The zero-order chi connectivity index (χ0) is 16.6. The number of hydrogen-bond acceptors (Lipinski definition) is 2. The van der Waals surface area contributed by atoms with Gasteiger partial charge in [0.2, 0.25) is 0 Å². The highest BCUT2D eigenvalue weighted by Gasteiger charge is 2.21. The molecule has 0 fully saturated rings. The van der Waals surface area contributed by atoms with Crippen LogP contribution < -0.4 is 4.72 Å². The molecule has 0 heterocycles. The lowest BCUT2D eigenvalue weighted by molar-refractivity contribution is 0.601. The summed E-state index contributed by atoms with van der Waals surface area (Å²) in [5.74, 6) is 0. The van der Waals surface area contributed by atoms with Crippen LogP contribution in [0.5, 0.6) is 0 Å². The van der Waals surface area contributed by atoms with Crippen molar-refractivity contribution in [2.45, 2.75) is 11.3 Å². The van der Waals surface area contributed by atoms with Gasteiger partial charge in [-0.3, -0.25) is 4.72 Å². The van der Waals surface area contributed by atoms with Gasteiger partial charge in [-0.25, -0.2) is 13.3 Å². The standard InChI is InChI=1S/C16H10BrClN2O2S/c1-19-11-3-2-4-12(9-11)23(21,22)20-16-8-10(18)7-14-13(16)5-6-15(14)17/h2-4,6-9,20H,5H2. The highest BCUT2D eigenvalue weighted by Crippen LogP contribution is 2.39. The Morgan fingerprint density at radius 2 is 2.04 bits per heavy atom. The summed E-state index contributed by atoms with van der Waals surface area (Å²) in [6, 6.07) is 9.29. The molecule has 0 saturated carbocycles. The van der Waals surface area contributed by atoms with Gasteiger partial charge in [0, 0.05) is 9.51 Å². The lowest BCUT2D eigenvalue weighted by Gasteiger charge is -2.13. The minimum Gasteiger partial charge on any atom is -0.279 e. The minimum absolute atomic E-state index is 0.0461. The van der Waals surface area contributed by atoms with Crippen LogP contribution in [0.15, 0.2) is 47.4 Å². The highest BCUT2D eigenvalue weighted by molar-refractivity contribution is 9.15. The first-order valence-corrected chi connectivity index (χ1v) is 9.25. The van der Waals surface area contributed by atoms with E-state index in [9.17, 15) is 8.42 Å². The van der Waals surface area contributed by atoms with Crippen LogP contribution in [0, 0.1) is 6.57 Å². The predicted molar refractivity (Wildman–Crippen MR) is 95.6 cm³/mol. The number of nitrogens with zero attached hydrogens (tertiary/aromatic N) is 1. The molecule has 7 heteroatoms. The number of allylic oxidation sites excluding steroid dienone is 1. The number of fused-ring (bicyclic) bond motifs is 1. The molecule has 1 aliphatic rings. The molecule has 0 amide bonds. The van der Waals surface area contributed by atoms with Crippen molar-refractivity contribution < 1.29 is 8.42 Å². The smallest absolute Gasteiger partial charge is 0.260 e. The van der Waals surface area contributed by atoms with E-state index in [1.807, 2.05) is 6.08 Å². The molecule has 1 N–H and O–H groups in total. The summed E-state index contributed by atoms with van der Waals surface area (Å²) in [6.45, 7) is 7.00. The first-order valence-electron chi connectivity index (χ1n) is 6.59. The monoisotopic (exact) mass is 408 g/mol. The molecule has 0 bridgehead atoms. The molecular weight excluding hydrogens is 400 g/mol. The topological polar surface area (TPSA) is 50.5 Å². The van der Waals surface area contributed by atoms with E-state index in [1.54, 1.807) is 24.3 Å². The van der Waals surface area contributed by atoms with E-state index in [1.165, 1.54) is 12.1 Å². The Morgan fingerprint density at radius 1 is 1.26 bits per heavy atom. The number of rotatable bonds is 3. The molecule has 116 valence electrons. The number of anilines is 1. The Kier molecular flexibility index (Phi) is 4.19. The van der Waals surface area contributed by atoms with E-state index >= 15 is 0 Å². The van der Waals surface area contributed by atoms with E-state index in [4.69, 9.17) is 18.2 Å². The van der Waals surface area contributed by atoms with E-state index in [2.05, 4.69) is 25.5 Å². The van der Waals surface area contributed by atoms with Crippen molar-refractivity contribution in [3.8, 4) is 0 Å². The molecule has 0 atom stereocenters. The van der Waals surface area contributed by atoms with Gasteiger partial charge in [0.05, 0.1) is 17.2 Å². The van der Waals surface area contributed by atoms with Gasteiger partial charge in [-0.2, -0.15) is 0 Å². The van der Waals surface area contributed by atoms with Gasteiger partial charge in [-0.1, -0.05) is 45.7 Å². The number of nitrogens with one attached hydrogen (secondary N) is 1. The summed E-state index contributed by atoms with van der Waals surface area (Å²) < 4.78 is 28.6. The first kappa shape index (κ1) is 16.1. The van der Waals surface area contributed by atoms with Crippen LogP contribution in [-0.2, 0) is 16.4 Å². The van der Waals surface area contributed by atoms with Crippen LogP contribution >= 0.6 is 27.5 Å². The van der Waals surface area contributed by atoms with Gasteiger partial charge >= 0.3 is 0 Å². The van der Waals surface area contributed by atoms with Gasteiger partial charge in [0.15, 0.2) is 5.69 Å². The number of hydrogen-bond donors (Lipinski definition) is 1. The molecular formula is C16H10BrClN2O2S. The molecule has 2 aromatic carbocycles. The molecule has 0 radical (unpaired) electrons. The molecule has 4 nitrogen and oxygen atoms in total. The fraction of sp³-hybridized carbons (Fsp3) is 0.0625. The van der Waals surface area contributed by atoms with Crippen LogP contribution in [0.3, 0.4) is 0 Å². The van der Waals surface area contributed by atoms with E-state index in [-0.39, 0.29) is 10.6 Å². The first-order chi connectivity index (χ1) is 10.9. The Balaban J connectivity index is 2.03. The zero-order valence-electron chi connectivity index (χ0n) is 11.7. The van der Waals surface area contributed by atoms with Crippen molar-refractivity contribution in [3.05, 3.63) is 70.0 Å².